The Morgan fingerprint density at radius 2 is 2.09 bits per heavy atom. The number of pyridine rings is 1. The normalized spacial score (nSPS) is 19.0. The molecule has 2 aromatic rings. The third-order valence-corrected chi connectivity index (χ3v) is 6.21. The summed E-state index contributed by atoms with van der Waals surface area (Å²) in [6, 6.07) is 3.64. The fraction of sp³-hybridized carbons (Fsp3) is 0.500. The predicted octanol–water partition coefficient (Wildman–Crippen LogP) is 1.73. The molecule has 0 aliphatic carbocycles. The van der Waals surface area contributed by atoms with Crippen molar-refractivity contribution < 1.29 is 8.42 Å². The number of H-pyrrole nitrogens is 1. The van der Waals surface area contributed by atoms with Gasteiger partial charge in [0.2, 0.25) is 10.0 Å². The fourth-order valence-electron chi connectivity index (χ4n) is 2.93. The zero-order chi connectivity index (χ0) is 15.0. The van der Waals surface area contributed by atoms with Crippen molar-refractivity contribution in [2.45, 2.75) is 30.7 Å². The molecule has 0 amide bonds. The summed E-state index contributed by atoms with van der Waals surface area (Å²) >= 11 is 0. The number of sulfonamides is 1. The summed E-state index contributed by atoms with van der Waals surface area (Å²) in [6.07, 6.45) is 4.81. The van der Waals surface area contributed by atoms with Crippen molar-refractivity contribution in [1.82, 2.24) is 14.3 Å². The van der Waals surface area contributed by atoms with Crippen molar-refractivity contribution in [1.29, 1.82) is 0 Å². The average Bonchev–Trinajstić information content (AvgIpc) is 2.92. The zero-order valence-electron chi connectivity index (χ0n) is 12.4. The Morgan fingerprint density at radius 1 is 1.41 bits per heavy atom. The smallest absolute Gasteiger partial charge is 0.245 e. The molecular formula is C14H21ClN4O2S. The minimum absolute atomic E-state index is 0. The first-order valence-electron chi connectivity index (χ1n) is 7.18. The molecule has 0 spiro atoms. The highest BCUT2D eigenvalue weighted by Crippen LogP contribution is 2.28. The van der Waals surface area contributed by atoms with Gasteiger partial charge in [0, 0.05) is 36.9 Å². The quantitative estimate of drug-likeness (QED) is 0.887. The second kappa shape index (κ2) is 6.54. The number of piperidine rings is 1. The van der Waals surface area contributed by atoms with Crippen molar-refractivity contribution in [3.8, 4) is 0 Å². The van der Waals surface area contributed by atoms with E-state index in [0.29, 0.717) is 34.9 Å². The van der Waals surface area contributed by atoms with Gasteiger partial charge in [0.1, 0.15) is 10.5 Å². The summed E-state index contributed by atoms with van der Waals surface area (Å²) < 4.78 is 27.1. The molecule has 1 unspecified atom stereocenters. The van der Waals surface area contributed by atoms with E-state index in [0.717, 1.165) is 12.8 Å². The maximum absolute atomic E-state index is 12.8. The summed E-state index contributed by atoms with van der Waals surface area (Å²) in [5.41, 5.74) is 6.51. The van der Waals surface area contributed by atoms with Gasteiger partial charge in [-0.2, -0.15) is 4.31 Å². The number of halogens is 1. The van der Waals surface area contributed by atoms with E-state index >= 15 is 0 Å². The third kappa shape index (κ3) is 2.99. The van der Waals surface area contributed by atoms with Crippen LogP contribution in [0.2, 0.25) is 0 Å². The van der Waals surface area contributed by atoms with Crippen LogP contribution in [0.1, 0.15) is 19.8 Å². The van der Waals surface area contributed by atoms with Gasteiger partial charge < -0.3 is 10.7 Å². The Hall–Kier alpha value is -1.15. The van der Waals surface area contributed by atoms with Gasteiger partial charge in [-0.3, -0.25) is 0 Å². The van der Waals surface area contributed by atoms with Crippen LogP contribution in [0.5, 0.6) is 0 Å². The molecule has 0 saturated carbocycles. The zero-order valence-corrected chi connectivity index (χ0v) is 14.0. The summed E-state index contributed by atoms with van der Waals surface area (Å²) in [6.45, 7) is 3.04. The molecule has 122 valence electrons. The van der Waals surface area contributed by atoms with Gasteiger partial charge in [0.05, 0.1) is 0 Å². The maximum Gasteiger partial charge on any atom is 0.245 e. The van der Waals surface area contributed by atoms with Crippen LogP contribution in [0.15, 0.2) is 29.4 Å². The number of nitrogens with one attached hydrogen (secondary N) is 1. The van der Waals surface area contributed by atoms with Crippen molar-refractivity contribution in [3.05, 3.63) is 24.5 Å². The van der Waals surface area contributed by atoms with E-state index in [1.165, 1.54) is 6.20 Å². The number of aromatic nitrogens is 2. The molecule has 1 atom stereocenters. The lowest BCUT2D eigenvalue weighted by Crippen LogP contribution is -2.42. The Balaban J connectivity index is 0.00000176. The first-order valence-corrected chi connectivity index (χ1v) is 8.62. The lowest BCUT2D eigenvalue weighted by atomic mass is 9.92. The van der Waals surface area contributed by atoms with Crippen LogP contribution in [0.3, 0.4) is 0 Å². The molecule has 3 heterocycles. The van der Waals surface area contributed by atoms with Crippen molar-refractivity contribution in [2.24, 2.45) is 11.7 Å². The summed E-state index contributed by atoms with van der Waals surface area (Å²) in [5.74, 6) is 0.404. The number of hydrogen-bond acceptors (Lipinski definition) is 4. The Kier molecular flexibility index (Phi) is 5.11. The molecule has 8 heteroatoms. The Morgan fingerprint density at radius 3 is 2.73 bits per heavy atom. The molecule has 1 aliphatic rings. The second-order valence-electron chi connectivity index (χ2n) is 5.65. The number of nitrogens with zero attached hydrogens (tertiary/aromatic N) is 2. The van der Waals surface area contributed by atoms with Crippen LogP contribution in [-0.2, 0) is 10.0 Å². The van der Waals surface area contributed by atoms with E-state index in [9.17, 15) is 8.42 Å². The second-order valence-corrected chi connectivity index (χ2v) is 7.56. The summed E-state index contributed by atoms with van der Waals surface area (Å²) in [5, 5.41) is 0.645. The largest absolute Gasteiger partial charge is 0.345 e. The molecule has 6 nitrogen and oxygen atoms in total. The molecule has 0 bridgehead atoms. The van der Waals surface area contributed by atoms with Gasteiger partial charge in [0.25, 0.3) is 0 Å². The van der Waals surface area contributed by atoms with Crippen LogP contribution in [0.25, 0.3) is 11.0 Å². The van der Waals surface area contributed by atoms with E-state index in [1.807, 2.05) is 6.92 Å². The van der Waals surface area contributed by atoms with E-state index in [1.54, 1.807) is 22.6 Å². The number of rotatable bonds is 3. The van der Waals surface area contributed by atoms with Crippen molar-refractivity contribution in [3.63, 3.8) is 0 Å². The van der Waals surface area contributed by atoms with Crippen molar-refractivity contribution >= 4 is 33.5 Å². The highest BCUT2D eigenvalue weighted by atomic mass is 35.5. The lowest BCUT2D eigenvalue weighted by molar-refractivity contribution is 0.251. The molecule has 3 rings (SSSR count). The standard InChI is InChI=1S/C14H20N4O2S.ClH/c1-10(15)11-4-7-18(8-5-11)21(19,20)13-9-17-14-12(13)3-2-6-16-14;/h2-3,6,9-11H,4-5,7-8,15H2,1H3,(H,16,17);1H. The Labute approximate surface area is 136 Å². The molecule has 1 saturated heterocycles. The first kappa shape index (κ1) is 17.2. The minimum atomic E-state index is -3.47. The van der Waals surface area contributed by atoms with Gasteiger partial charge in [-0.25, -0.2) is 13.4 Å². The van der Waals surface area contributed by atoms with Crippen molar-refractivity contribution in [2.75, 3.05) is 13.1 Å². The fourth-order valence-corrected chi connectivity index (χ4v) is 4.55. The van der Waals surface area contributed by atoms with Crippen LogP contribution in [-0.4, -0.2) is 41.8 Å². The van der Waals surface area contributed by atoms with E-state index in [4.69, 9.17) is 5.73 Å². The number of nitrogens with two attached hydrogens (primary N) is 1. The van der Waals surface area contributed by atoms with Crippen LogP contribution in [0, 0.1) is 5.92 Å². The highest BCUT2D eigenvalue weighted by molar-refractivity contribution is 7.89. The SMILES string of the molecule is CC(N)C1CCN(S(=O)(=O)c2c[nH]c3ncccc23)CC1.Cl. The van der Waals surface area contributed by atoms with E-state index in [2.05, 4.69) is 9.97 Å². The van der Waals surface area contributed by atoms with Gasteiger partial charge in [-0.15, -0.1) is 12.4 Å². The van der Waals surface area contributed by atoms with E-state index < -0.39 is 10.0 Å². The van der Waals surface area contributed by atoms with Crippen LogP contribution < -0.4 is 5.73 Å². The molecule has 22 heavy (non-hydrogen) atoms. The highest BCUT2D eigenvalue weighted by Gasteiger charge is 2.32. The third-order valence-electron chi connectivity index (χ3n) is 4.27. The number of hydrogen-bond donors (Lipinski definition) is 2. The van der Waals surface area contributed by atoms with E-state index in [-0.39, 0.29) is 18.4 Å². The monoisotopic (exact) mass is 344 g/mol. The van der Waals surface area contributed by atoms with Crippen LogP contribution >= 0.6 is 12.4 Å². The summed E-state index contributed by atoms with van der Waals surface area (Å²) in [4.78, 5) is 7.37. The molecular weight excluding hydrogens is 324 g/mol. The van der Waals surface area contributed by atoms with Gasteiger partial charge in [0.15, 0.2) is 0 Å². The molecule has 3 N–H and O–H groups in total. The number of fused-ring (bicyclic) bond motifs is 1. The first-order chi connectivity index (χ1) is 10.00. The molecule has 1 fully saturated rings. The average molecular weight is 345 g/mol. The minimum Gasteiger partial charge on any atom is -0.345 e. The molecule has 0 radical (unpaired) electrons. The molecule has 0 aromatic carbocycles. The molecule has 2 aromatic heterocycles. The van der Waals surface area contributed by atoms with Crippen LogP contribution in [0.4, 0.5) is 0 Å². The topological polar surface area (TPSA) is 92.1 Å². The predicted molar refractivity (Wildman–Crippen MR) is 88.5 cm³/mol. The van der Waals surface area contributed by atoms with Gasteiger partial charge in [-0.05, 0) is 37.8 Å². The Bertz CT molecular complexity index is 736. The molecule has 1 aliphatic heterocycles. The lowest BCUT2D eigenvalue weighted by Gasteiger charge is -2.32. The van der Waals surface area contributed by atoms with Gasteiger partial charge >= 0.3 is 0 Å². The summed E-state index contributed by atoms with van der Waals surface area (Å²) in [7, 11) is -3.47. The maximum atomic E-state index is 12.8. The number of aromatic amines is 1. The van der Waals surface area contributed by atoms with Gasteiger partial charge in [-0.1, -0.05) is 0 Å².